The van der Waals surface area contributed by atoms with Crippen LogP contribution in [0.3, 0.4) is 0 Å². The van der Waals surface area contributed by atoms with Crippen LogP contribution in [0.15, 0.2) is 30.3 Å². The van der Waals surface area contributed by atoms with Gasteiger partial charge in [0.05, 0.1) is 5.69 Å². The number of anilines is 2. The molecule has 0 bridgehead atoms. The van der Waals surface area contributed by atoms with Crippen LogP contribution in [0.25, 0.3) is 11.3 Å². The number of imide groups is 1. The minimum atomic E-state index is -0.646. The number of hydrogen-bond donors (Lipinski definition) is 2. The summed E-state index contributed by atoms with van der Waals surface area (Å²) in [6, 6.07) is 8.66. The second-order valence-corrected chi connectivity index (χ2v) is 8.90. The number of fused-ring (bicyclic) bond motifs is 1. The van der Waals surface area contributed by atoms with Crippen LogP contribution < -0.4 is 16.0 Å². The lowest BCUT2D eigenvalue weighted by molar-refractivity contribution is -0.137. The van der Waals surface area contributed by atoms with Crippen LogP contribution in [-0.4, -0.2) is 70.6 Å². The number of nitrogens with zero attached hydrogens (tertiary/aromatic N) is 4. The maximum absolute atomic E-state index is 13.0. The highest BCUT2D eigenvalue weighted by Gasteiger charge is 2.39. The van der Waals surface area contributed by atoms with Crippen molar-refractivity contribution in [2.24, 2.45) is 0 Å². The van der Waals surface area contributed by atoms with Gasteiger partial charge in [0.1, 0.15) is 11.9 Å². The van der Waals surface area contributed by atoms with Gasteiger partial charge in [0.2, 0.25) is 17.7 Å². The van der Waals surface area contributed by atoms with Crippen molar-refractivity contribution >= 4 is 35.1 Å². The molecule has 2 fully saturated rings. The smallest absolute Gasteiger partial charge is 0.255 e. The molecule has 4 amide bonds. The molecule has 3 aliphatic rings. The Kier molecular flexibility index (Phi) is 5.43. The Morgan fingerprint density at radius 2 is 1.85 bits per heavy atom. The highest BCUT2D eigenvalue weighted by Crippen LogP contribution is 2.32. The number of nitrogens with one attached hydrogen (secondary N) is 1. The molecule has 1 aromatic carbocycles. The molecule has 3 aliphatic heterocycles. The molecule has 5 rings (SSSR count). The minimum absolute atomic E-state index is 0.0774. The molecule has 0 aliphatic carbocycles. The Morgan fingerprint density at radius 1 is 1.09 bits per heavy atom. The summed E-state index contributed by atoms with van der Waals surface area (Å²) < 4.78 is 0. The second kappa shape index (κ2) is 8.44. The molecule has 4 heterocycles. The number of nitrogens with two attached hydrogens (primary N) is 1. The van der Waals surface area contributed by atoms with E-state index < -0.39 is 11.9 Å². The lowest BCUT2D eigenvalue weighted by atomic mass is 10.0. The fourth-order valence-electron chi connectivity index (χ4n) is 4.88. The molecule has 176 valence electrons. The summed E-state index contributed by atoms with van der Waals surface area (Å²) >= 11 is 0. The van der Waals surface area contributed by atoms with Gasteiger partial charge < -0.3 is 20.4 Å². The summed E-state index contributed by atoms with van der Waals surface area (Å²) in [5, 5.41) is 2.32. The van der Waals surface area contributed by atoms with Crippen molar-refractivity contribution in [3.63, 3.8) is 0 Å². The predicted octanol–water partition coefficient (Wildman–Crippen LogP) is 0.760. The largest absolute Gasteiger partial charge is 0.384 e. The van der Waals surface area contributed by atoms with Crippen molar-refractivity contribution in [3.8, 4) is 11.3 Å². The van der Waals surface area contributed by atoms with E-state index in [4.69, 9.17) is 5.73 Å². The van der Waals surface area contributed by atoms with E-state index in [-0.39, 0.29) is 24.1 Å². The second-order valence-electron chi connectivity index (χ2n) is 8.90. The number of carbonyl (C=O) groups is 4. The first-order valence-corrected chi connectivity index (χ1v) is 11.4. The monoisotopic (exact) mass is 462 g/mol. The zero-order valence-electron chi connectivity index (χ0n) is 18.9. The van der Waals surface area contributed by atoms with Crippen LogP contribution in [0.1, 0.15) is 35.7 Å². The molecule has 10 nitrogen and oxygen atoms in total. The van der Waals surface area contributed by atoms with Gasteiger partial charge in [-0.2, -0.15) is 0 Å². The third kappa shape index (κ3) is 3.95. The van der Waals surface area contributed by atoms with E-state index in [0.717, 1.165) is 16.8 Å². The van der Waals surface area contributed by atoms with Gasteiger partial charge in [-0.1, -0.05) is 6.07 Å². The molecule has 2 saturated heterocycles. The minimum Gasteiger partial charge on any atom is -0.384 e. The van der Waals surface area contributed by atoms with E-state index >= 15 is 0 Å². The topological polar surface area (TPSA) is 129 Å². The van der Waals surface area contributed by atoms with E-state index in [0.29, 0.717) is 56.2 Å². The number of amides is 4. The zero-order chi connectivity index (χ0) is 24.0. The number of hydrogen-bond acceptors (Lipinski definition) is 7. The van der Waals surface area contributed by atoms with Crippen molar-refractivity contribution in [1.82, 2.24) is 20.1 Å². The van der Waals surface area contributed by atoms with E-state index in [9.17, 15) is 19.2 Å². The molecular weight excluding hydrogens is 436 g/mol. The Morgan fingerprint density at radius 3 is 2.56 bits per heavy atom. The number of benzene rings is 1. The van der Waals surface area contributed by atoms with Gasteiger partial charge >= 0.3 is 0 Å². The van der Waals surface area contributed by atoms with Crippen LogP contribution >= 0.6 is 0 Å². The average Bonchev–Trinajstić information content (AvgIpc) is 3.14. The molecule has 10 heteroatoms. The average molecular weight is 463 g/mol. The van der Waals surface area contributed by atoms with Crippen molar-refractivity contribution in [1.29, 1.82) is 0 Å². The quantitative estimate of drug-likeness (QED) is 0.645. The number of piperazine rings is 1. The Balaban J connectivity index is 1.38. The third-order valence-electron chi connectivity index (χ3n) is 6.74. The van der Waals surface area contributed by atoms with Crippen molar-refractivity contribution in [3.05, 3.63) is 41.5 Å². The molecule has 1 atom stereocenters. The van der Waals surface area contributed by atoms with E-state index in [1.807, 2.05) is 29.2 Å². The summed E-state index contributed by atoms with van der Waals surface area (Å²) in [4.78, 5) is 58.4. The summed E-state index contributed by atoms with van der Waals surface area (Å²) in [5.74, 6) is -0.471. The van der Waals surface area contributed by atoms with Gasteiger partial charge in [-0.15, -0.1) is 0 Å². The van der Waals surface area contributed by atoms with Crippen molar-refractivity contribution in [2.45, 2.75) is 32.4 Å². The fourth-order valence-corrected chi connectivity index (χ4v) is 4.88. The molecule has 34 heavy (non-hydrogen) atoms. The van der Waals surface area contributed by atoms with E-state index in [1.54, 1.807) is 13.0 Å². The predicted molar refractivity (Wildman–Crippen MR) is 125 cm³/mol. The zero-order valence-corrected chi connectivity index (χ0v) is 18.9. The maximum atomic E-state index is 13.0. The molecular formula is C24H26N6O4. The first kappa shape index (κ1) is 21.9. The van der Waals surface area contributed by atoms with E-state index in [1.165, 1.54) is 4.90 Å². The first-order valence-electron chi connectivity index (χ1n) is 11.4. The van der Waals surface area contributed by atoms with Gasteiger partial charge in [-0.05, 0) is 30.2 Å². The van der Waals surface area contributed by atoms with Crippen molar-refractivity contribution in [2.75, 3.05) is 36.8 Å². The number of aromatic nitrogens is 1. The third-order valence-corrected chi connectivity index (χ3v) is 6.74. The van der Waals surface area contributed by atoms with Crippen LogP contribution in [0, 0.1) is 0 Å². The number of carbonyl (C=O) groups excluding carboxylic acids is 4. The Hall–Kier alpha value is -3.95. The van der Waals surface area contributed by atoms with Gasteiger partial charge in [-0.3, -0.25) is 24.5 Å². The summed E-state index contributed by atoms with van der Waals surface area (Å²) in [5.41, 5.74) is 9.95. The van der Waals surface area contributed by atoms with Crippen LogP contribution in [0.4, 0.5) is 11.5 Å². The van der Waals surface area contributed by atoms with Gasteiger partial charge in [-0.25, -0.2) is 4.98 Å². The maximum Gasteiger partial charge on any atom is 0.255 e. The first-order chi connectivity index (χ1) is 16.3. The summed E-state index contributed by atoms with van der Waals surface area (Å²) in [6.07, 6.45) is 0.548. The molecule has 3 N–H and O–H groups in total. The molecule has 1 aromatic heterocycles. The Bertz CT molecular complexity index is 1200. The van der Waals surface area contributed by atoms with Crippen LogP contribution in [0.2, 0.25) is 0 Å². The normalized spacial score (nSPS) is 20.4. The molecule has 0 saturated carbocycles. The number of pyridine rings is 1. The van der Waals surface area contributed by atoms with Gasteiger partial charge in [0.25, 0.3) is 5.91 Å². The van der Waals surface area contributed by atoms with Crippen LogP contribution in [-0.2, 0) is 20.9 Å². The van der Waals surface area contributed by atoms with Crippen molar-refractivity contribution < 1.29 is 19.2 Å². The SMILES string of the molecule is CC(=O)N1CCN(c2cc(N)nc(-c3ccc4c(c3)CN(C3CCC(=O)NC3=O)C4=O)c2)CC1. The molecule has 1 unspecified atom stereocenters. The van der Waals surface area contributed by atoms with Crippen LogP contribution in [0.5, 0.6) is 0 Å². The Labute approximate surface area is 196 Å². The lowest BCUT2D eigenvalue weighted by Gasteiger charge is -2.35. The number of rotatable bonds is 3. The highest BCUT2D eigenvalue weighted by molar-refractivity contribution is 6.05. The standard InChI is InChI=1S/C24H26N6O4/c1-14(31)28-6-8-29(9-7-28)17-11-19(26-21(25)12-17)15-2-3-18-16(10-15)13-30(24(18)34)20-4-5-22(32)27-23(20)33/h2-3,10-12,20H,4-9,13H2,1H3,(H2,25,26)(H,27,32,33). The van der Waals surface area contributed by atoms with E-state index in [2.05, 4.69) is 15.2 Å². The molecule has 0 spiro atoms. The van der Waals surface area contributed by atoms with Gasteiger partial charge in [0, 0.05) is 68.9 Å². The lowest BCUT2D eigenvalue weighted by Crippen LogP contribution is -2.52. The number of nitrogen functional groups attached to an aromatic ring is 1. The molecule has 2 aromatic rings. The summed E-state index contributed by atoms with van der Waals surface area (Å²) in [6.45, 7) is 4.62. The fraction of sp³-hybridized carbons (Fsp3) is 0.375. The number of piperidine rings is 1. The van der Waals surface area contributed by atoms with Gasteiger partial charge in [0.15, 0.2) is 0 Å². The summed E-state index contributed by atoms with van der Waals surface area (Å²) in [7, 11) is 0. The highest BCUT2D eigenvalue weighted by atomic mass is 16.2. The molecule has 0 radical (unpaired) electrons.